The average molecular weight is 1030 g/mol. The van der Waals surface area contributed by atoms with Gasteiger partial charge in [0.05, 0.1) is 53.7 Å². The van der Waals surface area contributed by atoms with E-state index < -0.39 is 88.7 Å². The normalized spacial score (nSPS) is 33.3. The van der Waals surface area contributed by atoms with Crippen LogP contribution >= 0.6 is 0 Å². The molecular weight excluding hydrogens is 945 g/mol. The molecule has 1 aromatic carbocycles. The van der Waals surface area contributed by atoms with Gasteiger partial charge in [0.2, 0.25) is 5.78 Å². The van der Waals surface area contributed by atoms with Crippen molar-refractivity contribution in [2.75, 3.05) is 66.0 Å². The monoisotopic (exact) mass is 1030 g/mol. The van der Waals surface area contributed by atoms with E-state index in [-0.39, 0.29) is 57.2 Å². The number of phenolic OH excluding ortho intramolecular Hbond substituents is 1. The molecule has 1 spiro atoms. The van der Waals surface area contributed by atoms with Crippen LogP contribution in [-0.4, -0.2) is 161 Å². The molecule has 2 saturated heterocycles. The number of aromatic hydroxyl groups is 1. The molecule has 1 amide bonds. The first-order valence-electron chi connectivity index (χ1n) is 27.2. The van der Waals surface area contributed by atoms with Crippen LogP contribution < -0.4 is 15.4 Å². The number of nitrogens with zero attached hydrogens (tertiary/aromatic N) is 4. The van der Waals surface area contributed by atoms with Crippen molar-refractivity contribution in [2.45, 2.75) is 143 Å². The number of carbonyl (C=O) groups excluding carboxylic acids is 4. The second kappa shape index (κ2) is 22.7. The van der Waals surface area contributed by atoms with Gasteiger partial charge in [-0.2, -0.15) is 0 Å². The maximum absolute atomic E-state index is 15.0. The molecule has 0 radical (unpaired) electrons. The highest BCUT2D eigenvalue weighted by Gasteiger charge is 2.54. The van der Waals surface area contributed by atoms with Crippen molar-refractivity contribution >= 4 is 29.2 Å². The summed E-state index contributed by atoms with van der Waals surface area (Å²) in [5, 5.41) is 42.1. The first-order chi connectivity index (χ1) is 35.2. The highest BCUT2D eigenvalue weighted by molar-refractivity contribution is 6.34. The number of aliphatic imine (C=N–C) groups is 1. The van der Waals surface area contributed by atoms with Crippen LogP contribution in [-0.2, 0) is 23.8 Å². The van der Waals surface area contributed by atoms with Gasteiger partial charge in [0, 0.05) is 120 Å². The number of likely N-dealkylation sites (tertiary alicyclic amines) is 1. The molecule has 1 saturated carbocycles. The minimum atomic E-state index is -1.98. The average Bonchev–Trinajstić information content (AvgIpc) is 3.88. The summed E-state index contributed by atoms with van der Waals surface area (Å²) in [6, 6.07) is 0. The van der Waals surface area contributed by atoms with E-state index in [4.69, 9.17) is 23.9 Å². The van der Waals surface area contributed by atoms with Crippen LogP contribution in [0, 0.1) is 42.4 Å². The van der Waals surface area contributed by atoms with Crippen LogP contribution in [0.5, 0.6) is 11.5 Å². The molecule has 3 fully saturated rings. The van der Waals surface area contributed by atoms with Gasteiger partial charge >= 0.3 is 11.8 Å². The molecule has 6 aliphatic heterocycles. The molecule has 1 aromatic rings. The standard InChI is InChI=1S/C57H82N6O11/c1-32(2)29-61-22-20-57(21-23-61)59-45-42-43-50(67)38(8)53-44(42)54(69)56(9,74-53)72-28-19-40(71-10)35(5)52(73-41(64)31-63-26-24-62(25-27-63)30-39-17-12-11-13-18-39)37(7)49(66)36(6)48(65)33(3)15-14-16-34(4)55(70)58-47(51(43)68)46(45)60-57/h14-16,19,28,32-33,35-37,39-40,48-49,52,60,65-67H,11-13,17-18,20-27,29-31H2,1-10H3,(H,58,70)/b15-14+,28-19+,34-16-/t33-,35+,36+,37+,40-,48-,49+,52+,56-/m0/s1. The summed E-state index contributed by atoms with van der Waals surface area (Å²) in [5.74, 6) is -5.99. The fraction of sp³-hybridized carbons (Fsp3) is 0.667. The topological polar surface area (TPSA) is 212 Å². The van der Waals surface area contributed by atoms with Gasteiger partial charge in [-0.1, -0.05) is 79.0 Å². The van der Waals surface area contributed by atoms with Gasteiger partial charge in [-0.15, -0.1) is 0 Å². The summed E-state index contributed by atoms with van der Waals surface area (Å²) in [7, 11) is 1.51. The molecule has 74 heavy (non-hydrogen) atoms. The molecule has 17 nitrogen and oxygen atoms in total. The predicted octanol–water partition coefficient (Wildman–Crippen LogP) is 5.79. The number of hydrogen-bond donors (Lipinski definition) is 5. The van der Waals surface area contributed by atoms with E-state index in [1.807, 2.05) is 13.8 Å². The number of rotatable bonds is 8. The van der Waals surface area contributed by atoms with Gasteiger partial charge in [-0.05, 0) is 44.6 Å². The number of Topliss-reactive ketones (excluding diaryl/α,β-unsaturated/α-hetero) is 2. The Morgan fingerprint density at radius 3 is 2.20 bits per heavy atom. The summed E-state index contributed by atoms with van der Waals surface area (Å²) in [4.78, 5) is 70.2. The van der Waals surface area contributed by atoms with Crippen LogP contribution in [0.2, 0.25) is 0 Å². The van der Waals surface area contributed by atoms with E-state index in [9.17, 15) is 34.5 Å². The minimum Gasteiger partial charge on any atom is -0.507 e. The first kappa shape index (κ1) is 55.3. The number of amides is 1. The highest BCUT2D eigenvalue weighted by Crippen LogP contribution is 2.50. The number of hydrogen-bond acceptors (Lipinski definition) is 16. The third kappa shape index (κ3) is 11.3. The lowest BCUT2D eigenvalue weighted by Crippen LogP contribution is -2.51. The highest BCUT2D eigenvalue weighted by atomic mass is 16.7. The number of phenols is 1. The van der Waals surface area contributed by atoms with E-state index in [0.717, 1.165) is 58.3 Å². The predicted molar refractivity (Wildman–Crippen MR) is 281 cm³/mol. The maximum Gasteiger partial charge on any atom is 0.320 e. The number of piperazine rings is 1. The van der Waals surface area contributed by atoms with Crippen molar-refractivity contribution in [3.05, 3.63) is 69.8 Å². The van der Waals surface area contributed by atoms with Gasteiger partial charge in [-0.25, -0.2) is 0 Å². The molecule has 2 aliphatic carbocycles. The Balaban J connectivity index is 1.12. The Morgan fingerprint density at radius 2 is 1.54 bits per heavy atom. The number of ether oxygens (including phenoxy) is 4. The Morgan fingerprint density at radius 1 is 0.865 bits per heavy atom. The maximum atomic E-state index is 15.0. The SMILES string of the molecule is CO[C@H]1/C=C/O[C@@]2(C)Oc3c(C)c(O)c4c(c3C2=O)C2=NC3(CCN(CC(C)C)CC3)NC2=C(NC(=O)/C(C)=C\C=C\[C@H](C)[C@H](O)[C@@H](C)[C@@H](O)[C@@H](C)[C@H](OC(=O)CN2CCN(CC3CCCCC3)CC2)[C@@H]1C)C4=O. The largest absolute Gasteiger partial charge is 0.507 e. The number of ketones is 2. The Hall–Kier alpha value is -4.91. The van der Waals surface area contributed by atoms with Crippen LogP contribution in [0.3, 0.4) is 0 Å². The lowest BCUT2D eigenvalue weighted by molar-refractivity contribution is -0.165. The zero-order chi connectivity index (χ0) is 53.4. The number of fused-ring (bicyclic) bond motifs is 13. The summed E-state index contributed by atoms with van der Waals surface area (Å²) >= 11 is 0. The molecule has 9 rings (SSSR count). The minimum absolute atomic E-state index is 0.0236. The molecule has 0 unspecified atom stereocenters. The Labute approximate surface area is 437 Å². The van der Waals surface area contributed by atoms with Crippen LogP contribution in [0.1, 0.15) is 132 Å². The van der Waals surface area contributed by atoms with Gasteiger partial charge in [0.25, 0.3) is 11.7 Å². The number of benzene rings is 1. The molecule has 8 aliphatic rings. The van der Waals surface area contributed by atoms with Crippen molar-refractivity contribution in [3.63, 3.8) is 0 Å². The van der Waals surface area contributed by atoms with Gasteiger partial charge < -0.3 is 54.7 Å². The Bertz CT molecular complexity index is 2460. The van der Waals surface area contributed by atoms with Crippen molar-refractivity contribution in [1.82, 2.24) is 25.3 Å². The third-order valence-electron chi connectivity index (χ3n) is 17.0. The fourth-order valence-electron chi connectivity index (χ4n) is 12.3. The molecule has 6 heterocycles. The first-order valence-corrected chi connectivity index (χ1v) is 27.2. The summed E-state index contributed by atoms with van der Waals surface area (Å²) in [6.07, 6.45) is 11.6. The van der Waals surface area contributed by atoms with E-state index in [1.54, 1.807) is 52.0 Å². The van der Waals surface area contributed by atoms with Crippen molar-refractivity contribution in [2.24, 2.45) is 40.5 Å². The van der Waals surface area contributed by atoms with E-state index in [1.165, 1.54) is 52.4 Å². The van der Waals surface area contributed by atoms with Crippen LogP contribution in [0.4, 0.5) is 0 Å². The van der Waals surface area contributed by atoms with E-state index in [2.05, 4.69) is 39.2 Å². The van der Waals surface area contributed by atoms with Crippen molar-refractivity contribution in [3.8, 4) is 11.5 Å². The summed E-state index contributed by atoms with van der Waals surface area (Å²) < 4.78 is 25.0. The second-order valence-electron chi connectivity index (χ2n) is 23.0. The van der Waals surface area contributed by atoms with Gasteiger partial charge in [0.1, 0.15) is 29.0 Å². The number of methoxy groups -OCH3 is 1. The lowest BCUT2D eigenvalue weighted by Gasteiger charge is -2.39. The zero-order valence-electron chi connectivity index (χ0n) is 45.4. The van der Waals surface area contributed by atoms with Crippen LogP contribution in [0.25, 0.3) is 0 Å². The zero-order valence-corrected chi connectivity index (χ0v) is 45.4. The molecule has 406 valence electrons. The summed E-state index contributed by atoms with van der Waals surface area (Å²) in [5.41, 5.74) is -0.154. The molecule has 5 N–H and O–H groups in total. The quantitative estimate of drug-likeness (QED) is 0.195. The number of carbonyl (C=O) groups is 4. The van der Waals surface area contributed by atoms with E-state index >= 15 is 0 Å². The second-order valence-corrected chi connectivity index (χ2v) is 23.0. The number of piperidine rings is 1. The molecule has 5 bridgehead atoms. The smallest absolute Gasteiger partial charge is 0.320 e. The third-order valence-corrected chi connectivity index (χ3v) is 17.0. The van der Waals surface area contributed by atoms with Crippen molar-refractivity contribution < 1.29 is 53.4 Å². The number of aliphatic hydroxyl groups excluding tert-OH is 2. The van der Waals surface area contributed by atoms with Gasteiger partial charge in [-0.3, -0.25) is 29.1 Å². The number of aliphatic hydroxyl groups is 2. The van der Waals surface area contributed by atoms with Gasteiger partial charge in [0.15, 0.2) is 0 Å². The fourth-order valence-corrected chi connectivity index (χ4v) is 12.3. The van der Waals surface area contributed by atoms with Crippen molar-refractivity contribution in [1.29, 1.82) is 0 Å². The Kier molecular flexibility index (Phi) is 17.0. The number of allylic oxidation sites excluding steroid dienone is 4. The molecular formula is C57H82N6O11. The molecule has 0 aromatic heterocycles. The number of nitrogens with one attached hydrogen (secondary N) is 2. The molecule has 17 heteroatoms. The van der Waals surface area contributed by atoms with E-state index in [0.29, 0.717) is 18.8 Å². The lowest BCUT2D eigenvalue weighted by atomic mass is 9.78. The number of esters is 1. The molecule has 9 atom stereocenters. The van der Waals surface area contributed by atoms with Crippen LogP contribution in [0.15, 0.2) is 52.5 Å². The summed E-state index contributed by atoms with van der Waals surface area (Å²) in [6.45, 7) is 22.9.